The molecule has 1 aromatic carbocycles. The molecule has 4 heteroatoms. The van der Waals surface area contributed by atoms with Gasteiger partial charge in [0.15, 0.2) is 0 Å². The Kier molecular flexibility index (Phi) is 7.10. The second-order valence-corrected chi connectivity index (χ2v) is 9.80. The molecule has 0 bridgehead atoms. The summed E-state index contributed by atoms with van der Waals surface area (Å²) in [5, 5.41) is 0.828. The van der Waals surface area contributed by atoms with Gasteiger partial charge >= 0.3 is 7.52 Å². The molecule has 2 rings (SSSR count). The lowest BCUT2D eigenvalue weighted by atomic mass is 9.75. The Morgan fingerprint density at radius 3 is 2.33 bits per heavy atom. The fraction of sp³-hybridized carbons (Fsp3) is 0.700. The van der Waals surface area contributed by atoms with E-state index >= 15 is 0 Å². The number of rotatable bonds is 7. The van der Waals surface area contributed by atoms with Crippen LogP contribution in [-0.4, -0.2) is 23.9 Å². The monoisotopic (exact) mass is 351 g/mol. The molecule has 1 aliphatic carbocycles. The molecule has 136 valence electrons. The first-order valence-corrected chi connectivity index (χ1v) is 11.1. The predicted octanol–water partition coefficient (Wildman–Crippen LogP) is 5.32. The average molecular weight is 351 g/mol. The molecule has 3 nitrogen and oxygen atoms in total. The molecule has 0 aliphatic heterocycles. The maximum absolute atomic E-state index is 14.0. The van der Waals surface area contributed by atoms with Crippen LogP contribution in [0.4, 0.5) is 0 Å². The first kappa shape index (κ1) is 19.7. The largest absolute Gasteiger partial charge is 0.310 e. The zero-order valence-electron chi connectivity index (χ0n) is 15.9. The third-order valence-electron chi connectivity index (χ3n) is 5.42. The van der Waals surface area contributed by atoms with Gasteiger partial charge in [-0.15, -0.1) is 0 Å². The molecule has 1 aliphatic rings. The van der Waals surface area contributed by atoms with Crippen molar-refractivity contribution in [3.05, 3.63) is 30.3 Å². The van der Waals surface area contributed by atoms with E-state index < -0.39 is 7.52 Å². The molecule has 0 radical (unpaired) electrons. The summed E-state index contributed by atoms with van der Waals surface area (Å²) in [6, 6.07) is 9.79. The van der Waals surface area contributed by atoms with E-state index in [0.717, 1.165) is 24.8 Å². The molecule has 0 aromatic heterocycles. The van der Waals surface area contributed by atoms with Crippen molar-refractivity contribution in [1.82, 2.24) is 4.67 Å². The Hall–Kier alpha value is -0.630. The number of hydrogen-bond donors (Lipinski definition) is 0. The van der Waals surface area contributed by atoms with Crippen LogP contribution >= 0.6 is 7.52 Å². The van der Waals surface area contributed by atoms with Crippen molar-refractivity contribution in [1.29, 1.82) is 0 Å². The summed E-state index contributed by atoms with van der Waals surface area (Å²) in [5.74, 6) is 1.70. The Morgan fingerprint density at radius 1 is 1.17 bits per heavy atom. The zero-order valence-corrected chi connectivity index (χ0v) is 16.8. The Bertz CT molecular complexity index is 542. The minimum absolute atomic E-state index is 0.0837. The lowest BCUT2D eigenvalue weighted by Gasteiger charge is -2.41. The van der Waals surface area contributed by atoms with E-state index in [4.69, 9.17) is 4.52 Å². The highest BCUT2D eigenvalue weighted by atomic mass is 31.2. The van der Waals surface area contributed by atoms with Crippen molar-refractivity contribution in [2.75, 3.05) is 13.1 Å². The molecule has 24 heavy (non-hydrogen) atoms. The van der Waals surface area contributed by atoms with Crippen LogP contribution in [0.3, 0.4) is 0 Å². The maximum atomic E-state index is 14.0. The second-order valence-electron chi connectivity index (χ2n) is 7.46. The molecule has 0 heterocycles. The third-order valence-corrected chi connectivity index (χ3v) is 8.24. The molecule has 0 N–H and O–H groups in total. The first-order chi connectivity index (χ1) is 11.4. The second kappa shape index (κ2) is 8.65. The van der Waals surface area contributed by atoms with E-state index in [0.29, 0.717) is 17.8 Å². The van der Waals surface area contributed by atoms with Gasteiger partial charge in [0.05, 0.1) is 11.4 Å². The van der Waals surface area contributed by atoms with E-state index in [1.165, 1.54) is 12.8 Å². The highest BCUT2D eigenvalue weighted by Crippen LogP contribution is 2.53. The summed E-state index contributed by atoms with van der Waals surface area (Å²) in [7, 11) is -3.02. The summed E-state index contributed by atoms with van der Waals surface area (Å²) >= 11 is 0. The van der Waals surface area contributed by atoms with Gasteiger partial charge in [0, 0.05) is 13.1 Å². The molecule has 0 saturated heterocycles. The standard InChI is InChI=1S/C20H34NO2P/c1-6-21(7-2)24(22,18-11-9-8-10-12-18)23-20-15-17(5)13-14-19(20)16(3)4/h8-12,16-17,19-20H,6-7,13-15H2,1-5H3/t17-,19+,20-,24-/m1/s1. The topological polar surface area (TPSA) is 29.5 Å². The van der Waals surface area contributed by atoms with Gasteiger partial charge < -0.3 is 4.52 Å². The Labute approximate surface area is 148 Å². The lowest BCUT2D eigenvalue weighted by Crippen LogP contribution is -2.37. The van der Waals surface area contributed by atoms with Crippen LogP contribution in [0.1, 0.15) is 53.9 Å². The molecule has 1 saturated carbocycles. The van der Waals surface area contributed by atoms with Crippen LogP contribution in [0, 0.1) is 17.8 Å². The van der Waals surface area contributed by atoms with E-state index in [2.05, 4.69) is 34.6 Å². The van der Waals surface area contributed by atoms with Crippen LogP contribution in [0.5, 0.6) is 0 Å². The van der Waals surface area contributed by atoms with Gasteiger partial charge in [0.25, 0.3) is 0 Å². The highest BCUT2D eigenvalue weighted by molar-refractivity contribution is 7.64. The summed E-state index contributed by atoms with van der Waals surface area (Å²) in [4.78, 5) is 0. The molecular formula is C20H34NO2P. The van der Waals surface area contributed by atoms with Gasteiger partial charge in [0.2, 0.25) is 0 Å². The molecule has 0 amide bonds. The summed E-state index contributed by atoms with van der Waals surface area (Å²) in [5.41, 5.74) is 0. The fourth-order valence-corrected chi connectivity index (χ4v) is 6.41. The molecule has 1 aromatic rings. The van der Waals surface area contributed by atoms with Crippen molar-refractivity contribution in [2.24, 2.45) is 17.8 Å². The van der Waals surface area contributed by atoms with Gasteiger partial charge in [-0.05, 0) is 42.7 Å². The van der Waals surface area contributed by atoms with Gasteiger partial charge in [-0.2, -0.15) is 0 Å². The zero-order chi connectivity index (χ0) is 17.7. The van der Waals surface area contributed by atoms with Crippen molar-refractivity contribution in [3.8, 4) is 0 Å². The minimum Gasteiger partial charge on any atom is -0.310 e. The van der Waals surface area contributed by atoms with E-state index in [1.54, 1.807) is 0 Å². The molecular weight excluding hydrogens is 317 g/mol. The van der Waals surface area contributed by atoms with Gasteiger partial charge in [-0.3, -0.25) is 4.57 Å². The van der Waals surface area contributed by atoms with Gasteiger partial charge in [-0.1, -0.05) is 59.2 Å². The minimum atomic E-state index is -3.02. The van der Waals surface area contributed by atoms with Crippen molar-refractivity contribution >= 4 is 12.8 Å². The van der Waals surface area contributed by atoms with E-state index in [9.17, 15) is 4.57 Å². The van der Waals surface area contributed by atoms with Gasteiger partial charge in [0.1, 0.15) is 0 Å². The summed E-state index contributed by atoms with van der Waals surface area (Å²) < 4.78 is 22.6. The first-order valence-electron chi connectivity index (χ1n) is 9.51. The molecule has 1 fully saturated rings. The molecule has 0 unspecified atom stereocenters. The van der Waals surface area contributed by atoms with Crippen molar-refractivity contribution in [2.45, 2.75) is 60.0 Å². The molecule has 4 atom stereocenters. The quantitative estimate of drug-likeness (QED) is 0.622. The van der Waals surface area contributed by atoms with E-state index in [-0.39, 0.29) is 6.10 Å². The SMILES string of the molecule is CCN(CC)[P@](=O)(O[C@@H]1C[C@H](C)CC[C@H]1C(C)C)c1ccccc1. The van der Waals surface area contributed by atoms with E-state index in [1.807, 2.05) is 35.0 Å². The number of hydrogen-bond acceptors (Lipinski definition) is 2. The number of benzene rings is 1. The van der Waals surface area contributed by atoms with Crippen LogP contribution in [-0.2, 0) is 9.09 Å². The van der Waals surface area contributed by atoms with Crippen molar-refractivity contribution < 1.29 is 9.09 Å². The normalized spacial score (nSPS) is 27.4. The smallest absolute Gasteiger partial charge is 0.302 e. The average Bonchev–Trinajstić information content (AvgIpc) is 2.56. The van der Waals surface area contributed by atoms with Crippen LogP contribution in [0.15, 0.2) is 30.3 Å². The third kappa shape index (κ3) is 4.31. The van der Waals surface area contributed by atoms with Crippen LogP contribution in [0.2, 0.25) is 0 Å². The maximum Gasteiger partial charge on any atom is 0.302 e. The van der Waals surface area contributed by atoms with Gasteiger partial charge in [-0.25, -0.2) is 4.67 Å². The van der Waals surface area contributed by atoms with Crippen LogP contribution in [0.25, 0.3) is 0 Å². The Morgan fingerprint density at radius 2 is 1.79 bits per heavy atom. The summed E-state index contributed by atoms with van der Waals surface area (Å²) in [6.07, 6.45) is 3.53. The lowest BCUT2D eigenvalue weighted by molar-refractivity contribution is 0.0428. The van der Waals surface area contributed by atoms with Crippen molar-refractivity contribution in [3.63, 3.8) is 0 Å². The molecule has 0 spiro atoms. The van der Waals surface area contributed by atoms with Crippen LogP contribution < -0.4 is 5.30 Å². The fourth-order valence-electron chi connectivity index (χ4n) is 3.92. The number of nitrogens with zero attached hydrogens (tertiary/aromatic N) is 1. The Balaban J connectivity index is 2.35. The predicted molar refractivity (Wildman–Crippen MR) is 103 cm³/mol. The summed E-state index contributed by atoms with van der Waals surface area (Å²) in [6.45, 7) is 12.4. The highest BCUT2D eigenvalue weighted by Gasteiger charge is 2.40.